The van der Waals surface area contributed by atoms with Crippen molar-refractivity contribution in [2.45, 2.75) is 25.9 Å². The fourth-order valence-corrected chi connectivity index (χ4v) is 2.19. The molecule has 1 atom stereocenters. The number of hydrogen-bond donors (Lipinski definition) is 2. The number of nitrogens with zero attached hydrogens (tertiary/aromatic N) is 1. The van der Waals surface area contributed by atoms with Gasteiger partial charge in [0.05, 0.1) is 25.3 Å². The third-order valence-corrected chi connectivity index (χ3v) is 3.45. The lowest BCUT2D eigenvalue weighted by atomic mass is 10.1. The van der Waals surface area contributed by atoms with E-state index in [1.807, 2.05) is 6.92 Å². The van der Waals surface area contributed by atoms with Crippen LogP contribution >= 0.6 is 12.4 Å². The predicted molar refractivity (Wildman–Crippen MR) is 82.8 cm³/mol. The number of rotatable bonds is 5. The van der Waals surface area contributed by atoms with Crippen LogP contribution < -0.4 is 11.1 Å². The molecule has 1 unspecified atom stereocenters. The Morgan fingerprint density at radius 3 is 2.64 bits per heavy atom. The fourth-order valence-electron chi connectivity index (χ4n) is 2.19. The molecule has 2 rings (SSSR count). The van der Waals surface area contributed by atoms with Crippen molar-refractivity contribution >= 4 is 24.2 Å². The standard InChI is InChI=1S/C14H21N3O4.ClH/c1-2-12(14(19)17-3-5-20-6-4-17)16-13(18)10-7-11(8-15)21-9-10;/h7,9,12H,2-6,8,15H2,1H3,(H,16,18);1H. The molecule has 7 nitrogen and oxygen atoms in total. The van der Waals surface area contributed by atoms with Crippen molar-refractivity contribution in [2.24, 2.45) is 5.73 Å². The van der Waals surface area contributed by atoms with Crippen LogP contribution in [0.5, 0.6) is 0 Å². The number of nitrogens with two attached hydrogens (primary N) is 1. The highest BCUT2D eigenvalue weighted by Gasteiger charge is 2.26. The minimum Gasteiger partial charge on any atom is -0.467 e. The summed E-state index contributed by atoms with van der Waals surface area (Å²) in [5.74, 6) is 0.135. The van der Waals surface area contributed by atoms with Crippen molar-refractivity contribution in [3.05, 3.63) is 23.7 Å². The highest BCUT2D eigenvalue weighted by atomic mass is 35.5. The Hall–Kier alpha value is -1.57. The number of carbonyl (C=O) groups is 2. The molecule has 1 aliphatic rings. The molecule has 1 aromatic rings. The molecule has 1 aromatic heterocycles. The molecule has 8 heteroatoms. The molecule has 22 heavy (non-hydrogen) atoms. The van der Waals surface area contributed by atoms with Crippen molar-refractivity contribution in [3.8, 4) is 0 Å². The number of hydrogen-bond acceptors (Lipinski definition) is 5. The van der Waals surface area contributed by atoms with Gasteiger partial charge in [0.2, 0.25) is 5.91 Å². The van der Waals surface area contributed by atoms with E-state index in [1.54, 1.807) is 11.0 Å². The van der Waals surface area contributed by atoms with Crippen LogP contribution in [0.2, 0.25) is 0 Å². The lowest BCUT2D eigenvalue weighted by molar-refractivity contribution is -0.137. The van der Waals surface area contributed by atoms with Crippen LogP contribution in [0.3, 0.4) is 0 Å². The van der Waals surface area contributed by atoms with Crippen LogP contribution in [-0.2, 0) is 16.1 Å². The maximum Gasteiger partial charge on any atom is 0.255 e. The van der Waals surface area contributed by atoms with Gasteiger partial charge >= 0.3 is 0 Å². The summed E-state index contributed by atoms with van der Waals surface area (Å²) in [5.41, 5.74) is 5.82. The largest absolute Gasteiger partial charge is 0.467 e. The summed E-state index contributed by atoms with van der Waals surface area (Å²) < 4.78 is 10.4. The summed E-state index contributed by atoms with van der Waals surface area (Å²) in [6, 6.07) is 1.05. The normalized spacial score (nSPS) is 15.8. The predicted octanol–water partition coefficient (Wildman–Crippen LogP) is 0.527. The Morgan fingerprint density at radius 2 is 2.09 bits per heavy atom. The Labute approximate surface area is 135 Å². The van der Waals surface area contributed by atoms with Gasteiger partial charge in [-0.25, -0.2) is 0 Å². The zero-order chi connectivity index (χ0) is 15.2. The van der Waals surface area contributed by atoms with E-state index in [4.69, 9.17) is 14.9 Å². The molecule has 124 valence electrons. The van der Waals surface area contributed by atoms with Crippen molar-refractivity contribution in [3.63, 3.8) is 0 Å². The first-order chi connectivity index (χ1) is 10.2. The van der Waals surface area contributed by atoms with E-state index in [0.29, 0.717) is 44.0 Å². The molecule has 3 N–H and O–H groups in total. The van der Waals surface area contributed by atoms with Crippen LogP contribution in [0.1, 0.15) is 29.5 Å². The number of carbonyl (C=O) groups excluding carboxylic acids is 2. The lowest BCUT2D eigenvalue weighted by Crippen LogP contribution is -2.51. The van der Waals surface area contributed by atoms with Crippen LogP contribution in [0.15, 0.2) is 16.7 Å². The second-order valence-corrected chi connectivity index (χ2v) is 4.88. The van der Waals surface area contributed by atoms with Gasteiger partial charge in [-0.2, -0.15) is 0 Å². The van der Waals surface area contributed by atoms with Gasteiger partial charge in [0, 0.05) is 13.1 Å². The number of amides is 2. The lowest BCUT2D eigenvalue weighted by Gasteiger charge is -2.30. The van der Waals surface area contributed by atoms with Crippen LogP contribution in [0, 0.1) is 0 Å². The molecular formula is C14H22ClN3O4. The number of morpholine rings is 1. The van der Waals surface area contributed by atoms with E-state index in [2.05, 4.69) is 5.32 Å². The molecule has 1 aliphatic heterocycles. The topological polar surface area (TPSA) is 97.8 Å². The van der Waals surface area contributed by atoms with Crippen molar-refractivity contribution < 1.29 is 18.7 Å². The van der Waals surface area contributed by atoms with E-state index < -0.39 is 6.04 Å². The minimum absolute atomic E-state index is 0. The molecule has 0 radical (unpaired) electrons. The van der Waals surface area contributed by atoms with Gasteiger partial charge in [-0.3, -0.25) is 9.59 Å². The molecule has 1 fully saturated rings. The van der Waals surface area contributed by atoms with Crippen LogP contribution in [0.4, 0.5) is 0 Å². The average Bonchev–Trinajstić information content (AvgIpc) is 3.01. The summed E-state index contributed by atoms with van der Waals surface area (Å²) in [4.78, 5) is 26.2. The van der Waals surface area contributed by atoms with E-state index in [1.165, 1.54) is 6.26 Å². The molecule has 0 spiro atoms. The van der Waals surface area contributed by atoms with Crippen molar-refractivity contribution in [2.75, 3.05) is 26.3 Å². The number of nitrogens with one attached hydrogen (secondary N) is 1. The third-order valence-electron chi connectivity index (χ3n) is 3.45. The second-order valence-electron chi connectivity index (χ2n) is 4.88. The molecule has 2 heterocycles. The monoisotopic (exact) mass is 331 g/mol. The quantitative estimate of drug-likeness (QED) is 0.820. The highest BCUT2D eigenvalue weighted by Crippen LogP contribution is 2.09. The molecule has 2 amide bonds. The first-order valence-electron chi connectivity index (χ1n) is 7.10. The molecule has 0 aliphatic carbocycles. The summed E-state index contributed by atoms with van der Waals surface area (Å²) in [7, 11) is 0. The summed E-state index contributed by atoms with van der Waals surface area (Å²) in [5, 5.41) is 2.75. The molecular weight excluding hydrogens is 310 g/mol. The van der Waals surface area contributed by atoms with Crippen molar-refractivity contribution in [1.29, 1.82) is 0 Å². The van der Waals surface area contributed by atoms with Crippen LogP contribution in [0.25, 0.3) is 0 Å². The van der Waals surface area contributed by atoms with E-state index in [0.717, 1.165) is 0 Å². The Bertz CT molecular complexity index is 500. The first kappa shape index (κ1) is 18.5. The maximum absolute atomic E-state index is 12.4. The Kier molecular flexibility index (Phi) is 7.37. The fraction of sp³-hybridized carbons (Fsp3) is 0.571. The Balaban J connectivity index is 0.00000242. The van der Waals surface area contributed by atoms with Gasteiger partial charge in [-0.1, -0.05) is 6.92 Å². The second kappa shape index (κ2) is 8.77. The third kappa shape index (κ3) is 4.46. The van der Waals surface area contributed by atoms with E-state index in [-0.39, 0.29) is 30.8 Å². The van der Waals surface area contributed by atoms with Gasteiger partial charge < -0.3 is 25.1 Å². The van der Waals surface area contributed by atoms with Crippen LogP contribution in [-0.4, -0.2) is 49.1 Å². The van der Waals surface area contributed by atoms with Crippen molar-refractivity contribution in [1.82, 2.24) is 10.2 Å². The molecule has 0 aromatic carbocycles. The Morgan fingerprint density at radius 1 is 1.41 bits per heavy atom. The molecule has 0 bridgehead atoms. The van der Waals surface area contributed by atoms with Gasteiger partial charge in [-0.05, 0) is 12.5 Å². The van der Waals surface area contributed by atoms with E-state index in [9.17, 15) is 9.59 Å². The van der Waals surface area contributed by atoms with Gasteiger partial charge in [0.15, 0.2) is 0 Å². The smallest absolute Gasteiger partial charge is 0.255 e. The number of halogens is 1. The zero-order valence-corrected chi connectivity index (χ0v) is 13.4. The average molecular weight is 332 g/mol. The maximum atomic E-state index is 12.4. The number of furan rings is 1. The summed E-state index contributed by atoms with van der Waals surface area (Å²) in [6.07, 6.45) is 1.88. The first-order valence-corrected chi connectivity index (χ1v) is 7.10. The van der Waals surface area contributed by atoms with Gasteiger partial charge in [0.1, 0.15) is 18.1 Å². The summed E-state index contributed by atoms with van der Waals surface area (Å²) >= 11 is 0. The van der Waals surface area contributed by atoms with Gasteiger partial charge in [-0.15, -0.1) is 12.4 Å². The molecule has 1 saturated heterocycles. The van der Waals surface area contributed by atoms with Gasteiger partial charge in [0.25, 0.3) is 5.91 Å². The number of ether oxygens (including phenoxy) is 1. The van der Waals surface area contributed by atoms with E-state index >= 15 is 0 Å². The SMILES string of the molecule is CCC(NC(=O)c1coc(CN)c1)C(=O)N1CCOCC1.Cl. The zero-order valence-electron chi connectivity index (χ0n) is 12.5. The highest BCUT2D eigenvalue weighted by molar-refractivity contribution is 5.97. The summed E-state index contributed by atoms with van der Waals surface area (Å²) in [6.45, 7) is 4.30. The minimum atomic E-state index is -0.535. The molecule has 0 saturated carbocycles.